The van der Waals surface area contributed by atoms with E-state index >= 15 is 0 Å². The second-order valence-corrected chi connectivity index (χ2v) is 9.01. The van der Waals surface area contributed by atoms with E-state index in [0.29, 0.717) is 49.2 Å². The van der Waals surface area contributed by atoms with Gasteiger partial charge in [-0.2, -0.15) is 0 Å². The normalized spacial score (nSPS) is 15.1. The SMILES string of the molecule is CCOC(=O)C1=C(C)N=c2s/c(=C\c3ccc(OC)c(OC)c3OC)c(=O)n2C1c1ccc(OC)cc1. The number of nitrogens with zero attached hydrogens (tertiary/aromatic N) is 2. The molecule has 0 fully saturated rings. The Labute approximate surface area is 217 Å². The summed E-state index contributed by atoms with van der Waals surface area (Å²) in [7, 11) is 6.16. The van der Waals surface area contributed by atoms with E-state index in [4.69, 9.17) is 23.7 Å². The van der Waals surface area contributed by atoms with Gasteiger partial charge in [-0.15, -0.1) is 0 Å². The zero-order valence-electron chi connectivity index (χ0n) is 21.5. The standard InChI is InChI=1S/C27H28N2O7S/c1-7-36-26(31)21-15(2)28-27-29(22(21)16-8-11-18(32-3)12-9-16)25(30)20(37-27)14-17-10-13-19(33-4)24(35-6)23(17)34-5/h8-14,22H,7H2,1-6H3/b20-14-. The van der Waals surface area contributed by atoms with Gasteiger partial charge in [0.15, 0.2) is 16.3 Å². The molecule has 0 aliphatic carbocycles. The van der Waals surface area contributed by atoms with Crippen LogP contribution in [0.3, 0.4) is 0 Å². The van der Waals surface area contributed by atoms with E-state index in [9.17, 15) is 9.59 Å². The second kappa shape index (κ2) is 10.9. The highest BCUT2D eigenvalue weighted by molar-refractivity contribution is 7.07. The average Bonchev–Trinajstić information content (AvgIpc) is 3.21. The van der Waals surface area contributed by atoms with Gasteiger partial charge in [0, 0.05) is 5.56 Å². The highest BCUT2D eigenvalue weighted by Crippen LogP contribution is 2.40. The van der Waals surface area contributed by atoms with Gasteiger partial charge in [-0.25, -0.2) is 9.79 Å². The summed E-state index contributed by atoms with van der Waals surface area (Å²) < 4.78 is 29.0. The Bertz CT molecular complexity index is 1530. The number of methoxy groups -OCH3 is 4. The lowest BCUT2D eigenvalue weighted by Crippen LogP contribution is -2.39. The number of benzene rings is 2. The molecule has 1 aliphatic rings. The number of carbonyl (C=O) groups excluding carboxylic acids is 1. The summed E-state index contributed by atoms with van der Waals surface area (Å²) in [6.07, 6.45) is 1.72. The molecule has 37 heavy (non-hydrogen) atoms. The molecule has 2 heterocycles. The lowest BCUT2D eigenvalue weighted by Gasteiger charge is -2.24. The Morgan fingerprint density at radius 3 is 2.30 bits per heavy atom. The summed E-state index contributed by atoms with van der Waals surface area (Å²) in [5, 5.41) is 0. The topological polar surface area (TPSA) is 97.6 Å². The van der Waals surface area contributed by atoms with E-state index in [0.717, 1.165) is 5.56 Å². The van der Waals surface area contributed by atoms with E-state index in [-0.39, 0.29) is 12.2 Å². The van der Waals surface area contributed by atoms with Crippen molar-refractivity contribution in [2.24, 2.45) is 4.99 Å². The maximum absolute atomic E-state index is 13.8. The van der Waals surface area contributed by atoms with Crippen LogP contribution in [0.15, 0.2) is 57.5 Å². The summed E-state index contributed by atoms with van der Waals surface area (Å²) in [4.78, 5) is 31.9. The fourth-order valence-corrected chi connectivity index (χ4v) is 5.31. The molecule has 0 N–H and O–H groups in total. The van der Waals surface area contributed by atoms with Crippen LogP contribution >= 0.6 is 11.3 Å². The molecule has 2 aromatic carbocycles. The van der Waals surface area contributed by atoms with Gasteiger partial charge in [-0.1, -0.05) is 23.5 Å². The van der Waals surface area contributed by atoms with Crippen molar-refractivity contribution >= 4 is 23.4 Å². The minimum absolute atomic E-state index is 0.203. The number of hydrogen-bond acceptors (Lipinski definition) is 9. The molecule has 1 aliphatic heterocycles. The van der Waals surface area contributed by atoms with Crippen molar-refractivity contribution in [1.82, 2.24) is 4.57 Å². The zero-order valence-corrected chi connectivity index (χ0v) is 22.3. The Morgan fingerprint density at radius 2 is 1.70 bits per heavy atom. The smallest absolute Gasteiger partial charge is 0.338 e. The number of thiazole rings is 1. The maximum Gasteiger partial charge on any atom is 0.338 e. The van der Waals surface area contributed by atoms with E-state index in [1.165, 1.54) is 37.2 Å². The number of fused-ring (bicyclic) bond motifs is 1. The Kier molecular flexibility index (Phi) is 7.68. The van der Waals surface area contributed by atoms with Crippen LogP contribution in [0.25, 0.3) is 6.08 Å². The van der Waals surface area contributed by atoms with Gasteiger partial charge in [0.2, 0.25) is 5.75 Å². The first-order valence-electron chi connectivity index (χ1n) is 11.5. The van der Waals surface area contributed by atoms with Crippen LogP contribution in [0.4, 0.5) is 0 Å². The fraction of sp³-hybridized carbons (Fsp3) is 0.296. The van der Waals surface area contributed by atoms with E-state index in [1.54, 1.807) is 51.3 Å². The molecule has 0 amide bonds. The van der Waals surface area contributed by atoms with Crippen LogP contribution in [-0.2, 0) is 9.53 Å². The van der Waals surface area contributed by atoms with Crippen molar-refractivity contribution in [2.75, 3.05) is 35.0 Å². The number of carbonyl (C=O) groups is 1. The second-order valence-electron chi connectivity index (χ2n) is 8.00. The molecule has 9 nitrogen and oxygen atoms in total. The molecule has 10 heteroatoms. The molecular weight excluding hydrogens is 496 g/mol. The quantitative estimate of drug-likeness (QED) is 0.418. The first-order chi connectivity index (χ1) is 17.9. The average molecular weight is 525 g/mol. The molecule has 194 valence electrons. The molecule has 4 rings (SSSR count). The molecule has 1 aromatic heterocycles. The molecule has 1 atom stereocenters. The summed E-state index contributed by atoms with van der Waals surface area (Å²) >= 11 is 1.23. The van der Waals surface area contributed by atoms with E-state index in [2.05, 4.69) is 4.99 Å². The van der Waals surface area contributed by atoms with Crippen molar-refractivity contribution in [3.05, 3.63) is 78.5 Å². The molecule has 3 aromatic rings. The van der Waals surface area contributed by atoms with Crippen LogP contribution in [0, 0.1) is 0 Å². The molecular formula is C27H28N2O7S. The summed E-state index contributed by atoms with van der Waals surface area (Å²) in [6.45, 7) is 3.69. The molecule has 1 unspecified atom stereocenters. The Hall–Kier alpha value is -4.05. The first kappa shape index (κ1) is 26.0. The Morgan fingerprint density at radius 1 is 1.00 bits per heavy atom. The monoisotopic (exact) mass is 524 g/mol. The van der Waals surface area contributed by atoms with Gasteiger partial charge >= 0.3 is 5.97 Å². The summed E-state index contributed by atoms with van der Waals surface area (Å²) in [5.41, 5.74) is 1.88. The van der Waals surface area contributed by atoms with Gasteiger partial charge in [0.05, 0.1) is 56.9 Å². The summed E-state index contributed by atoms with van der Waals surface area (Å²) in [5.74, 6) is 1.51. The number of allylic oxidation sites excluding steroid dienone is 1. The number of rotatable bonds is 8. The van der Waals surface area contributed by atoms with E-state index < -0.39 is 12.0 Å². The number of ether oxygens (including phenoxy) is 5. The predicted octanol–water partition coefficient (Wildman–Crippen LogP) is 2.83. The van der Waals surface area contributed by atoms with Crippen molar-refractivity contribution in [3.8, 4) is 23.0 Å². The third-order valence-corrected chi connectivity index (χ3v) is 6.95. The van der Waals surface area contributed by atoms with Crippen molar-refractivity contribution in [3.63, 3.8) is 0 Å². The van der Waals surface area contributed by atoms with Crippen LogP contribution in [0.5, 0.6) is 23.0 Å². The first-order valence-corrected chi connectivity index (χ1v) is 12.3. The van der Waals surface area contributed by atoms with Gasteiger partial charge in [0.25, 0.3) is 5.56 Å². The van der Waals surface area contributed by atoms with Gasteiger partial charge in [-0.3, -0.25) is 9.36 Å². The highest BCUT2D eigenvalue weighted by Gasteiger charge is 2.33. The van der Waals surface area contributed by atoms with Gasteiger partial charge in [0.1, 0.15) is 5.75 Å². The molecule has 0 saturated carbocycles. The van der Waals surface area contributed by atoms with E-state index in [1.807, 2.05) is 12.1 Å². The minimum Gasteiger partial charge on any atom is -0.497 e. The third-order valence-electron chi connectivity index (χ3n) is 5.97. The molecule has 0 saturated heterocycles. The fourth-order valence-electron chi connectivity index (χ4n) is 4.27. The van der Waals surface area contributed by atoms with Crippen LogP contribution in [-0.4, -0.2) is 45.6 Å². The van der Waals surface area contributed by atoms with Gasteiger partial charge in [-0.05, 0) is 49.8 Å². The molecule has 0 radical (unpaired) electrons. The maximum atomic E-state index is 13.8. The number of esters is 1. The number of hydrogen-bond donors (Lipinski definition) is 0. The minimum atomic E-state index is -0.712. The third kappa shape index (κ3) is 4.72. The number of aromatic nitrogens is 1. The lowest BCUT2D eigenvalue weighted by atomic mass is 9.96. The van der Waals surface area contributed by atoms with Crippen molar-refractivity contribution in [1.29, 1.82) is 0 Å². The molecule has 0 bridgehead atoms. The van der Waals surface area contributed by atoms with Crippen LogP contribution in [0.2, 0.25) is 0 Å². The highest BCUT2D eigenvalue weighted by atomic mass is 32.1. The molecule has 0 spiro atoms. The van der Waals surface area contributed by atoms with Crippen LogP contribution in [0.1, 0.15) is 31.0 Å². The van der Waals surface area contributed by atoms with Crippen LogP contribution < -0.4 is 33.8 Å². The van der Waals surface area contributed by atoms with Gasteiger partial charge < -0.3 is 23.7 Å². The summed E-state index contributed by atoms with van der Waals surface area (Å²) in [6, 6.07) is 10.1. The predicted molar refractivity (Wildman–Crippen MR) is 139 cm³/mol. The largest absolute Gasteiger partial charge is 0.497 e. The van der Waals surface area contributed by atoms with Crippen molar-refractivity contribution < 1.29 is 28.5 Å². The Balaban J connectivity index is 1.96. The lowest BCUT2D eigenvalue weighted by molar-refractivity contribution is -0.139. The van der Waals surface area contributed by atoms with Crippen molar-refractivity contribution in [2.45, 2.75) is 19.9 Å². The zero-order chi connectivity index (χ0) is 26.7.